The monoisotopic (exact) mass is 702 g/mol. The van der Waals surface area contributed by atoms with Gasteiger partial charge in [-0.2, -0.15) is 0 Å². The molecule has 52 heavy (non-hydrogen) atoms. The first-order valence-corrected chi connectivity index (χ1v) is 23.1. The summed E-state index contributed by atoms with van der Waals surface area (Å²) in [6.07, 6.45) is 8.60. The number of H-pyrrole nitrogens is 2. The van der Waals surface area contributed by atoms with Crippen LogP contribution in [-0.2, 0) is 19.3 Å². The van der Waals surface area contributed by atoms with E-state index in [4.69, 9.17) is 9.97 Å². The zero-order chi connectivity index (χ0) is 36.7. The predicted octanol–water partition coefficient (Wildman–Crippen LogP) is 12.9. The highest BCUT2D eigenvalue weighted by molar-refractivity contribution is 6.83. The summed E-state index contributed by atoms with van der Waals surface area (Å²) >= 11 is 0. The van der Waals surface area contributed by atoms with Crippen LogP contribution in [0.5, 0.6) is 0 Å². The van der Waals surface area contributed by atoms with Crippen molar-refractivity contribution >= 4 is 52.1 Å². The fourth-order valence-electron chi connectivity index (χ4n) is 7.93. The van der Waals surface area contributed by atoms with Gasteiger partial charge in [0.1, 0.15) is 8.07 Å². The number of rotatable bonds is 8. The molecule has 0 unspecified atom stereocenters. The third kappa shape index (κ3) is 6.82. The van der Waals surface area contributed by atoms with Gasteiger partial charge in [0.15, 0.2) is 0 Å². The van der Waals surface area contributed by atoms with Gasteiger partial charge < -0.3 is 9.97 Å². The molecule has 3 aromatic heterocycles. The average Bonchev–Trinajstić information content (AvgIpc) is 3.81. The molecule has 0 atom stereocenters. The maximum Gasteiger partial charge on any atom is 0.129 e. The summed E-state index contributed by atoms with van der Waals surface area (Å²) in [5, 5.41) is 2.39. The van der Waals surface area contributed by atoms with E-state index in [1.165, 1.54) is 60.7 Å². The molecule has 0 radical (unpaired) electrons. The second-order valence-corrected chi connectivity index (χ2v) is 20.5. The van der Waals surface area contributed by atoms with Gasteiger partial charge in [-0.1, -0.05) is 72.2 Å². The van der Waals surface area contributed by atoms with Crippen molar-refractivity contribution in [1.29, 1.82) is 0 Å². The van der Waals surface area contributed by atoms with Gasteiger partial charge >= 0.3 is 0 Å². The predicted molar refractivity (Wildman–Crippen MR) is 227 cm³/mol. The molecule has 0 aliphatic carbocycles. The standard InChI is InChI=1S/C47H54N4Si/c1-10-14-16-36-29(5)40-25-46-38-23-32-19-18-31(20-21-52(7,8)9)22-33(32)24-39(38)47(51-46)26-41-30(6)37(17-15-11-2)45(49-41)28-43-35(13-4)34(12-3)42(50-43)27-44(36)48-40/h18-19,22-28,48,50H,10-17H2,1-9H3. The quantitative estimate of drug-likeness (QED) is 0.123. The van der Waals surface area contributed by atoms with Crippen LogP contribution >= 0.6 is 0 Å². The first-order chi connectivity index (χ1) is 25.0. The van der Waals surface area contributed by atoms with Crippen molar-refractivity contribution < 1.29 is 0 Å². The first-order valence-electron chi connectivity index (χ1n) is 19.6. The van der Waals surface area contributed by atoms with E-state index in [2.05, 4.69) is 137 Å². The molecule has 2 aliphatic heterocycles. The van der Waals surface area contributed by atoms with Crippen molar-refractivity contribution in [3.8, 4) is 34.0 Å². The number of nitrogens with one attached hydrogen (secondary N) is 2. The molecule has 7 rings (SSSR count). The Morgan fingerprint density at radius 3 is 1.88 bits per heavy atom. The summed E-state index contributed by atoms with van der Waals surface area (Å²) in [7, 11) is -1.49. The molecule has 2 aliphatic rings. The molecule has 266 valence electrons. The zero-order valence-electron chi connectivity index (χ0n) is 32.7. The van der Waals surface area contributed by atoms with Crippen LogP contribution in [0.3, 0.4) is 0 Å². The van der Waals surface area contributed by atoms with Crippen LogP contribution in [0.2, 0.25) is 19.6 Å². The van der Waals surface area contributed by atoms with Crippen molar-refractivity contribution in [2.75, 3.05) is 0 Å². The molecule has 0 saturated carbocycles. The van der Waals surface area contributed by atoms with E-state index >= 15 is 0 Å². The van der Waals surface area contributed by atoms with Crippen molar-refractivity contribution in [2.24, 2.45) is 0 Å². The van der Waals surface area contributed by atoms with Crippen molar-refractivity contribution in [2.45, 2.75) is 113 Å². The molecule has 8 bridgehead atoms. The number of benzene rings is 2. The highest BCUT2D eigenvalue weighted by Crippen LogP contribution is 2.41. The normalized spacial score (nSPS) is 12.7. The number of allylic oxidation sites excluding steroid dienone is 2. The molecule has 2 aromatic carbocycles. The Labute approximate surface area is 311 Å². The molecule has 5 heteroatoms. The third-order valence-electron chi connectivity index (χ3n) is 10.9. The van der Waals surface area contributed by atoms with Crippen LogP contribution in [0.4, 0.5) is 0 Å². The van der Waals surface area contributed by atoms with E-state index in [0.717, 1.165) is 96.3 Å². The summed E-state index contributed by atoms with van der Waals surface area (Å²) in [6.45, 7) is 20.5. The van der Waals surface area contributed by atoms with Gasteiger partial charge in [0.2, 0.25) is 0 Å². The number of aromatic nitrogens is 4. The second-order valence-electron chi connectivity index (χ2n) is 15.8. The Hall–Kier alpha value is -4.66. The SMILES string of the molecule is CCCCC1=C(C)c2cc3nc(cc4[nH]c(cc5[nH]c(cc1n2)c(CC)c5CC)c(CCCC)c4C)-c1cc2ccc(C#C[Si](C)(C)C)cc2cc1-3. The van der Waals surface area contributed by atoms with Crippen LogP contribution in [0.15, 0.2) is 54.6 Å². The maximum atomic E-state index is 5.41. The van der Waals surface area contributed by atoms with E-state index in [-0.39, 0.29) is 0 Å². The number of aryl methyl sites for hydroxylation is 4. The van der Waals surface area contributed by atoms with Gasteiger partial charge in [0.25, 0.3) is 0 Å². The minimum atomic E-state index is -1.49. The lowest BCUT2D eigenvalue weighted by Gasteiger charge is -2.06. The van der Waals surface area contributed by atoms with E-state index in [0.29, 0.717) is 0 Å². The minimum absolute atomic E-state index is 0.967. The molecule has 0 amide bonds. The Kier molecular flexibility index (Phi) is 9.89. The lowest BCUT2D eigenvalue weighted by molar-refractivity contribution is 0.797. The fraction of sp³-hybridized carbons (Fsp3) is 0.362. The summed E-state index contributed by atoms with van der Waals surface area (Å²) in [5.41, 5.74) is 23.8. The van der Waals surface area contributed by atoms with E-state index in [1.807, 2.05) is 0 Å². The lowest BCUT2D eigenvalue weighted by atomic mass is 9.96. The molecular formula is C47H54N4Si. The van der Waals surface area contributed by atoms with Gasteiger partial charge in [-0.25, -0.2) is 9.97 Å². The molecular weight excluding hydrogens is 649 g/mol. The number of fused-ring (bicyclic) bond motifs is 12. The molecule has 2 N–H and O–H groups in total. The molecule has 0 spiro atoms. The number of hydrogen-bond acceptors (Lipinski definition) is 2. The second kappa shape index (κ2) is 14.4. The highest BCUT2D eigenvalue weighted by Gasteiger charge is 2.22. The van der Waals surface area contributed by atoms with Crippen LogP contribution in [0.1, 0.15) is 106 Å². The summed E-state index contributed by atoms with van der Waals surface area (Å²) < 4.78 is 0. The van der Waals surface area contributed by atoms with Crippen LogP contribution in [0, 0.1) is 18.4 Å². The third-order valence-corrected chi connectivity index (χ3v) is 11.7. The summed E-state index contributed by atoms with van der Waals surface area (Å²) in [6, 6.07) is 20.5. The van der Waals surface area contributed by atoms with E-state index in [1.54, 1.807) is 0 Å². The molecule has 5 heterocycles. The average molecular weight is 703 g/mol. The minimum Gasteiger partial charge on any atom is -0.355 e. The molecule has 5 aromatic rings. The molecule has 0 fully saturated rings. The topological polar surface area (TPSA) is 57.4 Å². The van der Waals surface area contributed by atoms with Gasteiger partial charge in [0, 0.05) is 38.8 Å². The highest BCUT2D eigenvalue weighted by atomic mass is 28.3. The number of aromatic amines is 2. The van der Waals surface area contributed by atoms with Gasteiger partial charge in [0.05, 0.1) is 22.8 Å². The number of hydrogen-bond donors (Lipinski definition) is 2. The van der Waals surface area contributed by atoms with Gasteiger partial charge in [-0.3, -0.25) is 0 Å². The van der Waals surface area contributed by atoms with E-state index < -0.39 is 8.07 Å². The van der Waals surface area contributed by atoms with Crippen molar-refractivity contribution in [3.05, 3.63) is 93.8 Å². The molecule has 0 saturated heterocycles. The first kappa shape index (κ1) is 35.7. The largest absolute Gasteiger partial charge is 0.355 e. The van der Waals surface area contributed by atoms with Crippen LogP contribution in [0.25, 0.3) is 66.5 Å². The van der Waals surface area contributed by atoms with Crippen molar-refractivity contribution in [3.63, 3.8) is 0 Å². The molecule has 4 nitrogen and oxygen atoms in total. The Bertz CT molecular complexity index is 2470. The van der Waals surface area contributed by atoms with Crippen LogP contribution < -0.4 is 0 Å². The van der Waals surface area contributed by atoms with Gasteiger partial charge in [-0.05, 0) is 145 Å². The number of unbranched alkanes of at least 4 members (excludes halogenated alkanes) is 2. The smallest absolute Gasteiger partial charge is 0.129 e. The maximum absolute atomic E-state index is 5.41. The van der Waals surface area contributed by atoms with Crippen molar-refractivity contribution in [1.82, 2.24) is 19.9 Å². The summed E-state index contributed by atoms with van der Waals surface area (Å²) in [4.78, 5) is 18.6. The zero-order valence-corrected chi connectivity index (χ0v) is 33.7. The van der Waals surface area contributed by atoms with Crippen LogP contribution in [-0.4, -0.2) is 28.0 Å². The Morgan fingerprint density at radius 1 is 0.596 bits per heavy atom. The number of nitrogens with zero attached hydrogens (tertiary/aromatic N) is 2. The fourth-order valence-corrected chi connectivity index (χ4v) is 8.45. The Morgan fingerprint density at radius 2 is 1.19 bits per heavy atom. The lowest BCUT2D eigenvalue weighted by Crippen LogP contribution is -2.16. The Balaban J connectivity index is 1.58. The van der Waals surface area contributed by atoms with E-state index in [9.17, 15) is 0 Å². The van der Waals surface area contributed by atoms with Gasteiger partial charge in [-0.15, -0.1) is 5.54 Å². The summed E-state index contributed by atoms with van der Waals surface area (Å²) in [5.74, 6) is 3.48.